The van der Waals surface area contributed by atoms with Crippen molar-refractivity contribution in [2.24, 2.45) is 0 Å². The summed E-state index contributed by atoms with van der Waals surface area (Å²) in [6.45, 7) is 4.24. The van der Waals surface area contributed by atoms with E-state index < -0.39 is 0 Å². The zero-order chi connectivity index (χ0) is 33.0. The molecule has 6 rings (SSSR count). The first-order chi connectivity index (χ1) is 23.6. The van der Waals surface area contributed by atoms with E-state index >= 15 is 0 Å². The van der Waals surface area contributed by atoms with Gasteiger partial charge in [-0.15, -0.1) is 0 Å². The average Bonchev–Trinajstić information content (AvgIpc) is 3.10. The van der Waals surface area contributed by atoms with Gasteiger partial charge in [0.1, 0.15) is 5.75 Å². The van der Waals surface area contributed by atoms with Crippen molar-refractivity contribution in [2.45, 2.75) is 51.0 Å². The maximum Gasteiger partial charge on any atom is 0.319 e. The first kappa shape index (κ1) is 32.8. The number of hydrogen-bond donors (Lipinski definition) is 3. The van der Waals surface area contributed by atoms with Gasteiger partial charge in [0.05, 0.1) is 6.10 Å². The molecule has 8 nitrogen and oxygen atoms in total. The second kappa shape index (κ2) is 16.6. The number of carbonyl (C=O) groups is 2. The molecule has 0 bridgehead atoms. The highest BCUT2D eigenvalue weighted by atomic mass is 16.5. The molecule has 3 aromatic carbocycles. The summed E-state index contributed by atoms with van der Waals surface area (Å²) in [4.78, 5) is 32.0. The number of nitrogens with zero attached hydrogens (tertiary/aromatic N) is 2. The Morgan fingerprint density at radius 1 is 0.854 bits per heavy atom. The number of nitrogens with one attached hydrogen (secondary N) is 3. The van der Waals surface area contributed by atoms with Crippen LogP contribution in [0.2, 0.25) is 0 Å². The Hall–Kier alpha value is -5.13. The highest BCUT2D eigenvalue weighted by molar-refractivity contribution is 5.94. The highest BCUT2D eigenvalue weighted by Gasteiger charge is 2.19. The maximum absolute atomic E-state index is 12.7. The summed E-state index contributed by atoms with van der Waals surface area (Å²) < 4.78 is 6.17. The molecule has 2 heterocycles. The van der Waals surface area contributed by atoms with Crippen LogP contribution in [0.1, 0.15) is 65.6 Å². The normalized spacial score (nSPS) is 14.6. The molecule has 246 valence electrons. The molecular formula is C40H43N5O3. The molecule has 1 saturated carbocycles. The number of piperidine rings is 1. The summed E-state index contributed by atoms with van der Waals surface area (Å²) >= 11 is 0. The number of benzene rings is 3. The lowest BCUT2D eigenvalue weighted by molar-refractivity contribution is 0.0946. The second-order valence-corrected chi connectivity index (χ2v) is 12.4. The fraction of sp³-hybridized carbons (Fsp3) is 0.325. The van der Waals surface area contributed by atoms with Crippen LogP contribution in [-0.2, 0) is 6.42 Å². The first-order valence-electron chi connectivity index (χ1n) is 17.1. The van der Waals surface area contributed by atoms with E-state index in [0.717, 1.165) is 66.0 Å². The molecule has 3 N–H and O–H groups in total. The molecule has 0 unspecified atom stereocenters. The number of urea groups is 1. The van der Waals surface area contributed by atoms with Crippen LogP contribution in [0.4, 0.5) is 10.5 Å². The molecule has 2 aliphatic rings. The number of anilines is 1. The summed E-state index contributed by atoms with van der Waals surface area (Å²) in [7, 11) is 0. The topological polar surface area (TPSA) is 95.6 Å². The van der Waals surface area contributed by atoms with Gasteiger partial charge in [-0.3, -0.25) is 9.78 Å². The minimum absolute atomic E-state index is 0.0738. The lowest BCUT2D eigenvalue weighted by Gasteiger charge is -2.26. The van der Waals surface area contributed by atoms with Gasteiger partial charge in [-0.25, -0.2) is 4.79 Å². The van der Waals surface area contributed by atoms with Gasteiger partial charge in [0.25, 0.3) is 5.91 Å². The lowest BCUT2D eigenvalue weighted by Crippen LogP contribution is -2.37. The van der Waals surface area contributed by atoms with Crippen LogP contribution in [0.3, 0.4) is 0 Å². The van der Waals surface area contributed by atoms with Crippen molar-refractivity contribution < 1.29 is 14.3 Å². The van der Waals surface area contributed by atoms with Gasteiger partial charge in [0.2, 0.25) is 0 Å². The molecule has 48 heavy (non-hydrogen) atoms. The van der Waals surface area contributed by atoms with Crippen molar-refractivity contribution >= 4 is 17.6 Å². The van der Waals surface area contributed by atoms with Crippen molar-refractivity contribution in [3.8, 4) is 28.7 Å². The number of hydrogen-bond acceptors (Lipinski definition) is 5. The van der Waals surface area contributed by atoms with Crippen molar-refractivity contribution in [2.75, 3.05) is 38.0 Å². The number of pyridine rings is 1. The molecule has 0 spiro atoms. The summed E-state index contributed by atoms with van der Waals surface area (Å²) in [6, 6.07) is 24.8. The van der Waals surface area contributed by atoms with E-state index in [1.165, 1.54) is 25.7 Å². The minimum Gasteiger partial charge on any atom is -0.490 e. The number of aromatic nitrogens is 1. The van der Waals surface area contributed by atoms with Gasteiger partial charge in [-0.05, 0) is 123 Å². The molecule has 1 aliphatic carbocycles. The predicted octanol–water partition coefficient (Wildman–Crippen LogP) is 6.66. The van der Waals surface area contributed by atoms with Gasteiger partial charge >= 0.3 is 6.03 Å². The molecule has 8 heteroatoms. The first-order valence-corrected chi connectivity index (χ1v) is 17.1. The van der Waals surface area contributed by atoms with Gasteiger partial charge in [-0.1, -0.05) is 42.5 Å². The Morgan fingerprint density at radius 2 is 1.71 bits per heavy atom. The van der Waals surface area contributed by atoms with Crippen molar-refractivity contribution in [1.29, 1.82) is 0 Å². The molecule has 4 aromatic rings. The number of likely N-dealkylation sites (tertiary alicyclic amines) is 1. The Kier molecular flexibility index (Phi) is 11.4. The third kappa shape index (κ3) is 9.46. The Morgan fingerprint density at radius 3 is 2.48 bits per heavy atom. The maximum atomic E-state index is 12.7. The predicted molar refractivity (Wildman–Crippen MR) is 190 cm³/mol. The third-order valence-electron chi connectivity index (χ3n) is 8.85. The quantitative estimate of drug-likeness (QED) is 0.159. The van der Waals surface area contributed by atoms with Gasteiger partial charge in [0, 0.05) is 54.4 Å². The summed E-state index contributed by atoms with van der Waals surface area (Å²) in [5, 5.41) is 8.91. The van der Waals surface area contributed by atoms with Crippen molar-refractivity contribution in [3.63, 3.8) is 0 Å². The van der Waals surface area contributed by atoms with E-state index in [1.54, 1.807) is 12.4 Å². The van der Waals surface area contributed by atoms with Crippen LogP contribution in [-0.4, -0.2) is 60.6 Å². The summed E-state index contributed by atoms with van der Waals surface area (Å²) in [6.07, 6.45) is 11.7. The van der Waals surface area contributed by atoms with Crippen LogP contribution in [0.5, 0.6) is 5.75 Å². The van der Waals surface area contributed by atoms with Crippen LogP contribution in [0, 0.1) is 11.8 Å². The van der Waals surface area contributed by atoms with Gasteiger partial charge in [-0.2, -0.15) is 0 Å². The summed E-state index contributed by atoms with van der Waals surface area (Å²) in [5.41, 5.74) is 5.80. The molecule has 0 atom stereocenters. The Bertz CT molecular complexity index is 1740. The highest BCUT2D eigenvalue weighted by Crippen LogP contribution is 2.31. The number of amides is 3. The van der Waals surface area contributed by atoms with Gasteiger partial charge in [0.15, 0.2) is 0 Å². The molecular weight excluding hydrogens is 598 g/mol. The van der Waals surface area contributed by atoms with E-state index in [4.69, 9.17) is 4.74 Å². The van der Waals surface area contributed by atoms with Crippen molar-refractivity contribution in [1.82, 2.24) is 20.5 Å². The fourth-order valence-corrected chi connectivity index (χ4v) is 5.89. The molecule has 1 aromatic heterocycles. The van der Waals surface area contributed by atoms with Crippen LogP contribution in [0.15, 0.2) is 91.3 Å². The largest absolute Gasteiger partial charge is 0.490 e. The average molecular weight is 642 g/mol. The SMILES string of the molecule is O=C(NCCc1cccnc1)Nc1ccc(-c2cccc(OC3CCC3)c2)c(C#Cc2ccc(C(=O)NCCN3CCCCC3)cc2)c1. The van der Waals surface area contributed by atoms with E-state index in [-0.39, 0.29) is 18.0 Å². The zero-order valence-electron chi connectivity index (χ0n) is 27.3. The zero-order valence-corrected chi connectivity index (χ0v) is 27.3. The molecule has 3 amide bonds. The lowest BCUT2D eigenvalue weighted by atomic mass is 9.96. The van der Waals surface area contributed by atoms with Gasteiger partial charge < -0.3 is 25.6 Å². The van der Waals surface area contributed by atoms with E-state index in [1.807, 2.05) is 72.8 Å². The van der Waals surface area contributed by atoms with E-state index in [9.17, 15) is 9.59 Å². The monoisotopic (exact) mass is 641 g/mol. The van der Waals surface area contributed by atoms with Crippen molar-refractivity contribution in [3.05, 3.63) is 114 Å². The number of ether oxygens (including phenoxy) is 1. The van der Waals surface area contributed by atoms with E-state index in [2.05, 4.69) is 43.7 Å². The minimum atomic E-state index is -0.286. The molecule has 1 saturated heterocycles. The Labute approximate surface area is 283 Å². The Balaban J connectivity index is 1.15. The smallest absolute Gasteiger partial charge is 0.319 e. The standard InChI is InChI=1S/C40H43N5O3/c46-39(42-23-26-45-24-2-1-3-25-45)32-15-12-30(13-16-32)14-17-34-27-35(44-40(47)43-22-20-31-7-6-21-41-29-31)18-19-38(34)33-8-4-11-37(28-33)48-36-9-5-10-36/h4,6-8,11-13,15-16,18-19,21,27-29,36H,1-3,5,9-10,20,22-26H2,(H,42,46)(H2,43,44,47). The second-order valence-electron chi connectivity index (χ2n) is 12.4. The number of carbonyl (C=O) groups excluding carboxylic acids is 2. The summed E-state index contributed by atoms with van der Waals surface area (Å²) in [5.74, 6) is 7.37. The number of rotatable bonds is 11. The molecule has 2 fully saturated rings. The third-order valence-corrected chi connectivity index (χ3v) is 8.85. The van der Waals surface area contributed by atoms with Crippen LogP contribution < -0.4 is 20.7 Å². The fourth-order valence-electron chi connectivity index (χ4n) is 5.89. The van der Waals surface area contributed by atoms with E-state index in [0.29, 0.717) is 30.8 Å². The van der Waals surface area contributed by atoms with Crippen LogP contribution >= 0.6 is 0 Å². The molecule has 0 radical (unpaired) electrons. The molecule has 1 aliphatic heterocycles. The van der Waals surface area contributed by atoms with Crippen LogP contribution in [0.25, 0.3) is 11.1 Å².